The first kappa shape index (κ1) is 11.3. The molecule has 1 atom stereocenters. The molecule has 0 aromatic rings. The zero-order chi connectivity index (χ0) is 10.8. The summed E-state index contributed by atoms with van der Waals surface area (Å²) < 4.78 is 5.23. The molecule has 1 heterocycles. The first-order valence-electron chi connectivity index (χ1n) is 5.30. The zero-order valence-electron chi connectivity index (χ0n) is 9.54. The third-order valence-corrected chi connectivity index (χ3v) is 2.37. The molecule has 0 aliphatic carbocycles. The van der Waals surface area contributed by atoms with Gasteiger partial charge in [0.05, 0.1) is 5.92 Å². The predicted octanol–water partition coefficient (Wildman–Crippen LogP) is 2.93. The minimum Gasteiger partial charge on any atom is -0.459 e. The number of cyclic esters (lactones) is 1. The molecule has 1 aliphatic rings. The van der Waals surface area contributed by atoms with Gasteiger partial charge in [-0.1, -0.05) is 26.0 Å². The Morgan fingerprint density at radius 3 is 2.64 bits per heavy atom. The van der Waals surface area contributed by atoms with Crippen LogP contribution in [0.5, 0.6) is 0 Å². The summed E-state index contributed by atoms with van der Waals surface area (Å²) in [6.45, 7) is 8.25. The van der Waals surface area contributed by atoms with Crippen LogP contribution in [0.4, 0.5) is 0 Å². The highest BCUT2D eigenvalue weighted by atomic mass is 16.6. The van der Waals surface area contributed by atoms with E-state index >= 15 is 0 Å². The summed E-state index contributed by atoms with van der Waals surface area (Å²) in [7, 11) is 0. The van der Waals surface area contributed by atoms with E-state index in [1.807, 2.05) is 19.9 Å². The van der Waals surface area contributed by atoms with Crippen LogP contribution >= 0.6 is 0 Å². The van der Waals surface area contributed by atoms with Crippen LogP contribution in [0.1, 0.15) is 40.5 Å². The van der Waals surface area contributed by atoms with Crippen LogP contribution < -0.4 is 0 Å². The van der Waals surface area contributed by atoms with E-state index in [9.17, 15) is 4.79 Å². The SMILES string of the molecule is CC(C)C/C=C/C1CC(C)(C)OC1=O. The Hall–Kier alpha value is -0.790. The summed E-state index contributed by atoms with van der Waals surface area (Å²) in [6.07, 6.45) is 5.93. The summed E-state index contributed by atoms with van der Waals surface area (Å²) in [6, 6.07) is 0. The fraction of sp³-hybridized carbons (Fsp3) is 0.750. The van der Waals surface area contributed by atoms with E-state index in [2.05, 4.69) is 19.9 Å². The lowest BCUT2D eigenvalue weighted by Gasteiger charge is -2.14. The van der Waals surface area contributed by atoms with Crippen molar-refractivity contribution >= 4 is 5.97 Å². The number of carbonyl (C=O) groups excluding carboxylic acids is 1. The van der Waals surface area contributed by atoms with Gasteiger partial charge in [0.15, 0.2) is 0 Å². The van der Waals surface area contributed by atoms with Crippen LogP contribution in [-0.4, -0.2) is 11.6 Å². The third kappa shape index (κ3) is 3.17. The average Bonchev–Trinajstić information content (AvgIpc) is 2.24. The van der Waals surface area contributed by atoms with Gasteiger partial charge in [-0.05, 0) is 26.2 Å². The van der Waals surface area contributed by atoms with Gasteiger partial charge in [-0.15, -0.1) is 0 Å². The van der Waals surface area contributed by atoms with Crippen molar-refractivity contribution < 1.29 is 9.53 Å². The van der Waals surface area contributed by atoms with Gasteiger partial charge in [0.25, 0.3) is 0 Å². The number of esters is 1. The predicted molar refractivity (Wildman–Crippen MR) is 56.9 cm³/mol. The summed E-state index contributed by atoms with van der Waals surface area (Å²) in [5.41, 5.74) is -0.274. The van der Waals surface area contributed by atoms with Crippen molar-refractivity contribution in [2.24, 2.45) is 11.8 Å². The molecule has 2 nitrogen and oxygen atoms in total. The van der Waals surface area contributed by atoms with Crippen LogP contribution in [0.15, 0.2) is 12.2 Å². The molecule has 1 rings (SSSR count). The van der Waals surface area contributed by atoms with Crippen LogP contribution in [-0.2, 0) is 9.53 Å². The van der Waals surface area contributed by atoms with Gasteiger partial charge in [-0.2, -0.15) is 0 Å². The first-order chi connectivity index (χ1) is 6.41. The minimum atomic E-state index is -0.274. The standard InChI is InChI=1S/C12H20O2/c1-9(2)6-5-7-10-8-12(3,4)14-11(10)13/h5,7,9-10H,6,8H2,1-4H3/b7-5+. The van der Waals surface area contributed by atoms with Crippen molar-refractivity contribution in [3.8, 4) is 0 Å². The van der Waals surface area contributed by atoms with Crippen molar-refractivity contribution in [1.82, 2.24) is 0 Å². The summed E-state index contributed by atoms with van der Waals surface area (Å²) in [5, 5.41) is 0. The van der Waals surface area contributed by atoms with Gasteiger partial charge in [0.1, 0.15) is 5.60 Å². The van der Waals surface area contributed by atoms with E-state index in [-0.39, 0.29) is 17.5 Å². The molecule has 0 bridgehead atoms. The second-order valence-corrected chi connectivity index (χ2v) is 5.05. The van der Waals surface area contributed by atoms with Crippen molar-refractivity contribution in [3.05, 3.63) is 12.2 Å². The molecule has 1 saturated heterocycles. The maximum atomic E-state index is 11.4. The van der Waals surface area contributed by atoms with E-state index in [4.69, 9.17) is 4.74 Å². The van der Waals surface area contributed by atoms with Crippen LogP contribution in [0.2, 0.25) is 0 Å². The fourth-order valence-electron chi connectivity index (χ4n) is 1.66. The molecule has 0 aromatic carbocycles. The maximum absolute atomic E-state index is 11.4. The molecular weight excluding hydrogens is 176 g/mol. The number of carbonyl (C=O) groups is 1. The van der Waals surface area contributed by atoms with Crippen LogP contribution in [0.3, 0.4) is 0 Å². The Balaban J connectivity index is 2.47. The van der Waals surface area contributed by atoms with E-state index in [1.165, 1.54) is 0 Å². The average molecular weight is 196 g/mol. The molecular formula is C12H20O2. The smallest absolute Gasteiger partial charge is 0.313 e. The Kier molecular flexibility index (Phi) is 3.35. The molecule has 0 aromatic heterocycles. The second kappa shape index (κ2) is 4.16. The lowest BCUT2D eigenvalue weighted by molar-refractivity contribution is -0.147. The lowest BCUT2D eigenvalue weighted by Crippen LogP contribution is -2.17. The number of ether oxygens (including phenoxy) is 1. The first-order valence-corrected chi connectivity index (χ1v) is 5.30. The van der Waals surface area contributed by atoms with E-state index in [0.717, 1.165) is 12.8 Å². The highest BCUT2D eigenvalue weighted by Gasteiger charge is 2.38. The van der Waals surface area contributed by atoms with E-state index in [0.29, 0.717) is 5.92 Å². The zero-order valence-corrected chi connectivity index (χ0v) is 9.54. The Morgan fingerprint density at radius 1 is 1.57 bits per heavy atom. The summed E-state index contributed by atoms with van der Waals surface area (Å²) >= 11 is 0. The number of allylic oxidation sites excluding steroid dienone is 1. The van der Waals surface area contributed by atoms with E-state index in [1.54, 1.807) is 0 Å². The highest BCUT2D eigenvalue weighted by Crippen LogP contribution is 2.31. The molecule has 0 N–H and O–H groups in total. The quantitative estimate of drug-likeness (QED) is 0.512. The van der Waals surface area contributed by atoms with E-state index < -0.39 is 0 Å². The molecule has 0 saturated carbocycles. The minimum absolute atomic E-state index is 0.0243. The topological polar surface area (TPSA) is 26.3 Å². The number of hydrogen-bond donors (Lipinski definition) is 0. The van der Waals surface area contributed by atoms with Gasteiger partial charge < -0.3 is 4.74 Å². The summed E-state index contributed by atoms with van der Waals surface area (Å²) in [4.78, 5) is 11.4. The van der Waals surface area contributed by atoms with Crippen molar-refractivity contribution in [1.29, 1.82) is 0 Å². The Labute approximate surface area is 86.3 Å². The molecule has 0 spiro atoms. The molecule has 1 aliphatic heterocycles. The summed E-state index contributed by atoms with van der Waals surface area (Å²) in [5.74, 6) is 0.551. The van der Waals surface area contributed by atoms with Crippen LogP contribution in [0, 0.1) is 11.8 Å². The van der Waals surface area contributed by atoms with Gasteiger partial charge in [0.2, 0.25) is 0 Å². The molecule has 0 radical (unpaired) electrons. The monoisotopic (exact) mass is 196 g/mol. The fourth-order valence-corrected chi connectivity index (χ4v) is 1.66. The molecule has 0 amide bonds. The van der Waals surface area contributed by atoms with Crippen LogP contribution in [0.25, 0.3) is 0 Å². The molecule has 14 heavy (non-hydrogen) atoms. The third-order valence-electron chi connectivity index (χ3n) is 2.37. The Morgan fingerprint density at radius 2 is 2.21 bits per heavy atom. The maximum Gasteiger partial charge on any atom is 0.313 e. The highest BCUT2D eigenvalue weighted by molar-refractivity contribution is 5.77. The molecule has 2 heteroatoms. The van der Waals surface area contributed by atoms with Gasteiger partial charge >= 0.3 is 5.97 Å². The molecule has 80 valence electrons. The molecule has 1 unspecified atom stereocenters. The van der Waals surface area contributed by atoms with Crippen molar-refractivity contribution in [2.45, 2.75) is 46.1 Å². The van der Waals surface area contributed by atoms with Gasteiger partial charge in [-0.25, -0.2) is 0 Å². The van der Waals surface area contributed by atoms with Gasteiger partial charge in [-0.3, -0.25) is 4.79 Å². The normalized spacial score (nSPS) is 26.1. The number of rotatable bonds is 3. The Bertz CT molecular complexity index is 239. The van der Waals surface area contributed by atoms with Gasteiger partial charge in [0, 0.05) is 6.42 Å². The number of hydrogen-bond acceptors (Lipinski definition) is 2. The molecule has 1 fully saturated rings. The largest absolute Gasteiger partial charge is 0.459 e. The van der Waals surface area contributed by atoms with Crippen molar-refractivity contribution in [2.75, 3.05) is 0 Å². The second-order valence-electron chi connectivity index (χ2n) is 5.05. The van der Waals surface area contributed by atoms with Crippen molar-refractivity contribution in [3.63, 3.8) is 0 Å². The lowest BCUT2D eigenvalue weighted by atomic mass is 9.96.